The molecular formula is C26H27FN4O4. The first-order chi connectivity index (χ1) is 16.9. The summed E-state index contributed by atoms with van der Waals surface area (Å²) < 4.78 is 24.8. The molecule has 9 heteroatoms. The molecule has 182 valence electrons. The zero-order valence-electron chi connectivity index (χ0n) is 19.6. The first-order valence-electron chi connectivity index (χ1n) is 11.8. The summed E-state index contributed by atoms with van der Waals surface area (Å²) >= 11 is 0. The molecule has 2 aliphatic heterocycles. The maximum absolute atomic E-state index is 13.5. The van der Waals surface area contributed by atoms with Gasteiger partial charge in [-0.05, 0) is 55.7 Å². The van der Waals surface area contributed by atoms with Gasteiger partial charge in [-0.1, -0.05) is 5.16 Å². The Balaban J connectivity index is 1.15. The predicted octanol–water partition coefficient (Wildman–Crippen LogP) is 3.38. The summed E-state index contributed by atoms with van der Waals surface area (Å²) in [4.78, 5) is 31.6. The molecule has 2 amide bonds. The minimum Gasteiger partial charge on any atom is -0.487 e. The Labute approximate surface area is 202 Å². The van der Waals surface area contributed by atoms with Gasteiger partial charge in [-0.3, -0.25) is 14.6 Å². The van der Waals surface area contributed by atoms with Crippen molar-refractivity contribution < 1.29 is 23.2 Å². The van der Waals surface area contributed by atoms with E-state index >= 15 is 0 Å². The van der Waals surface area contributed by atoms with Gasteiger partial charge in [0, 0.05) is 43.8 Å². The molecule has 2 aliphatic rings. The topological polar surface area (TPSA) is 97.6 Å². The number of rotatable bonds is 5. The monoisotopic (exact) mass is 478 g/mol. The molecule has 8 nitrogen and oxygen atoms in total. The SMILES string of the molecule is Cc1cc(CNC(=O)c2ccnc(CC(=O)N3CCC4(CCc5cc(F)ccc5O4)CC3)c2)no1. The van der Waals surface area contributed by atoms with Crippen molar-refractivity contribution in [3.05, 3.63) is 76.7 Å². The molecule has 4 heterocycles. The third-order valence-corrected chi connectivity index (χ3v) is 6.74. The normalized spacial score (nSPS) is 16.5. The third-order valence-electron chi connectivity index (χ3n) is 6.74. The van der Waals surface area contributed by atoms with E-state index in [0.717, 1.165) is 37.0 Å². The third kappa shape index (κ3) is 5.18. The van der Waals surface area contributed by atoms with Gasteiger partial charge in [-0.15, -0.1) is 0 Å². The summed E-state index contributed by atoms with van der Waals surface area (Å²) in [7, 11) is 0. The summed E-state index contributed by atoms with van der Waals surface area (Å²) in [6.45, 7) is 3.22. The minimum absolute atomic E-state index is 0.0266. The maximum Gasteiger partial charge on any atom is 0.251 e. The number of amides is 2. The van der Waals surface area contributed by atoms with Crippen LogP contribution in [0, 0.1) is 12.7 Å². The van der Waals surface area contributed by atoms with Crippen molar-refractivity contribution in [1.29, 1.82) is 0 Å². The highest BCUT2D eigenvalue weighted by atomic mass is 19.1. The van der Waals surface area contributed by atoms with Gasteiger partial charge < -0.3 is 19.5 Å². The highest BCUT2D eigenvalue weighted by Crippen LogP contribution is 2.39. The standard InChI is InChI=1S/C26H27FN4O4/c1-17-12-22(30-35-17)16-29-25(33)19-5-9-28-21(14-19)15-24(32)31-10-7-26(8-11-31)6-4-18-13-20(27)2-3-23(18)34-26/h2-3,5,9,12-14H,4,6-8,10-11,15-16H2,1H3,(H,29,33). The van der Waals surface area contributed by atoms with Crippen molar-refractivity contribution in [1.82, 2.24) is 20.4 Å². The summed E-state index contributed by atoms with van der Waals surface area (Å²) in [6.07, 6.45) is 4.72. The number of benzene rings is 1. The van der Waals surface area contributed by atoms with Crippen LogP contribution in [0.2, 0.25) is 0 Å². The lowest BCUT2D eigenvalue weighted by Gasteiger charge is -2.44. The molecule has 1 spiro atoms. The van der Waals surface area contributed by atoms with Gasteiger partial charge in [0.1, 0.15) is 28.6 Å². The number of carbonyl (C=O) groups excluding carboxylic acids is 2. The molecule has 0 aliphatic carbocycles. The van der Waals surface area contributed by atoms with Gasteiger partial charge in [0.15, 0.2) is 0 Å². The van der Waals surface area contributed by atoms with Gasteiger partial charge in [0.05, 0.1) is 18.7 Å². The molecule has 0 unspecified atom stereocenters. The number of fused-ring (bicyclic) bond motifs is 1. The molecule has 0 atom stereocenters. The Kier molecular flexibility index (Phi) is 6.23. The van der Waals surface area contributed by atoms with E-state index in [0.29, 0.717) is 35.8 Å². The molecule has 5 rings (SSSR count). The number of likely N-dealkylation sites (tertiary alicyclic amines) is 1. The van der Waals surface area contributed by atoms with Crippen LogP contribution in [0.4, 0.5) is 4.39 Å². The van der Waals surface area contributed by atoms with Crippen molar-refractivity contribution >= 4 is 11.8 Å². The van der Waals surface area contributed by atoms with Crippen molar-refractivity contribution in [3.8, 4) is 5.75 Å². The Morgan fingerprint density at radius 2 is 1.94 bits per heavy atom. The number of carbonyl (C=O) groups is 2. The quantitative estimate of drug-likeness (QED) is 0.604. The molecule has 1 fully saturated rings. The van der Waals surface area contributed by atoms with Crippen LogP contribution in [0.15, 0.2) is 47.1 Å². The second-order valence-corrected chi connectivity index (χ2v) is 9.24. The van der Waals surface area contributed by atoms with Crippen molar-refractivity contribution in [3.63, 3.8) is 0 Å². The molecule has 2 aromatic heterocycles. The fourth-order valence-corrected chi connectivity index (χ4v) is 4.76. The Bertz CT molecular complexity index is 1250. The van der Waals surface area contributed by atoms with Crippen molar-refractivity contribution in [2.45, 2.75) is 51.2 Å². The zero-order valence-corrected chi connectivity index (χ0v) is 19.6. The molecule has 1 N–H and O–H groups in total. The van der Waals surface area contributed by atoms with Gasteiger partial charge >= 0.3 is 0 Å². The molecule has 0 bridgehead atoms. The van der Waals surface area contributed by atoms with E-state index in [1.807, 2.05) is 4.90 Å². The lowest BCUT2D eigenvalue weighted by atomic mass is 9.83. The minimum atomic E-state index is -0.305. The summed E-state index contributed by atoms with van der Waals surface area (Å²) in [6, 6.07) is 9.69. The highest BCUT2D eigenvalue weighted by Gasteiger charge is 2.40. The van der Waals surface area contributed by atoms with E-state index in [-0.39, 0.29) is 36.2 Å². The summed E-state index contributed by atoms with van der Waals surface area (Å²) in [5, 5.41) is 6.66. The number of hydrogen-bond acceptors (Lipinski definition) is 6. The maximum atomic E-state index is 13.5. The van der Waals surface area contributed by atoms with Crippen LogP contribution in [0.25, 0.3) is 0 Å². The molecule has 1 aromatic carbocycles. The number of ether oxygens (including phenoxy) is 1. The predicted molar refractivity (Wildman–Crippen MR) is 124 cm³/mol. The Morgan fingerprint density at radius 1 is 1.11 bits per heavy atom. The lowest BCUT2D eigenvalue weighted by molar-refractivity contribution is -0.134. The number of aryl methyl sites for hydroxylation is 2. The van der Waals surface area contributed by atoms with E-state index in [1.165, 1.54) is 12.1 Å². The lowest BCUT2D eigenvalue weighted by Crippen LogP contribution is -2.51. The smallest absolute Gasteiger partial charge is 0.251 e. The number of nitrogens with zero attached hydrogens (tertiary/aromatic N) is 3. The van der Waals surface area contributed by atoms with Crippen LogP contribution in [0.1, 0.15) is 52.3 Å². The fourth-order valence-electron chi connectivity index (χ4n) is 4.76. The van der Waals surface area contributed by atoms with Gasteiger partial charge in [-0.2, -0.15) is 0 Å². The molecule has 0 saturated carbocycles. The Morgan fingerprint density at radius 3 is 2.71 bits per heavy atom. The largest absolute Gasteiger partial charge is 0.487 e. The average Bonchev–Trinajstić information content (AvgIpc) is 3.28. The zero-order chi connectivity index (χ0) is 24.4. The van der Waals surface area contributed by atoms with Crippen LogP contribution in [0.3, 0.4) is 0 Å². The number of hydrogen-bond donors (Lipinski definition) is 1. The van der Waals surface area contributed by atoms with Crippen LogP contribution in [0.5, 0.6) is 5.75 Å². The van der Waals surface area contributed by atoms with Crippen LogP contribution < -0.4 is 10.1 Å². The number of pyridine rings is 1. The number of halogens is 1. The van der Waals surface area contributed by atoms with E-state index in [4.69, 9.17) is 9.26 Å². The molecule has 3 aromatic rings. The van der Waals surface area contributed by atoms with Crippen LogP contribution in [-0.2, 0) is 24.2 Å². The second kappa shape index (κ2) is 9.48. The van der Waals surface area contributed by atoms with Crippen molar-refractivity contribution in [2.24, 2.45) is 0 Å². The van der Waals surface area contributed by atoms with E-state index in [1.54, 1.807) is 37.4 Å². The second-order valence-electron chi connectivity index (χ2n) is 9.24. The van der Waals surface area contributed by atoms with E-state index in [9.17, 15) is 14.0 Å². The molecule has 1 saturated heterocycles. The van der Waals surface area contributed by atoms with Crippen molar-refractivity contribution in [2.75, 3.05) is 13.1 Å². The van der Waals surface area contributed by atoms with Crippen LogP contribution in [-0.4, -0.2) is 45.5 Å². The fraction of sp³-hybridized carbons (Fsp3) is 0.385. The van der Waals surface area contributed by atoms with E-state index in [2.05, 4.69) is 15.5 Å². The number of nitrogens with one attached hydrogen (secondary N) is 1. The number of aromatic nitrogens is 2. The van der Waals surface area contributed by atoms with E-state index < -0.39 is 0 Å². The summed E-state index contributed by atoms with van der Waals surface area (Å²) in [5.74, 6) is 0.884. The number of piperidine rings is 1. The molecular weight excluding hydrogens is 451 g/mol. The molecule has 35 heavy (non-hydrogen) atoms. The first-order valence-corrected chi connectivity index (χ1v) is 11.8. The first kappa shape index (κ1) is 23.0. The Hall–Kier alpha value is -3.75. The van der Waals surface area contributed by atoms with Gasteiger partial charge in [0.25, 0.3) is 5.91 Å². The van der Waals surface area contributed by atoms with Crippen LogP contribution >= 0.6 is 0 Å². The van der Waals surface area contributed by atoms with Gasteiger partial charge in [-0.25, -0.2) is 4.39 Å². The highest BCUT2D eigenvalue weighted by molar-refractivity contribution is 5.94. The average molecular weight is 479 g/mol. The molecule has 0 radical (unpaired) electrons. The van der Waals surface area contributed by atoms with Gasteiger partial charge in [0.2, 0.25) is 5.91 Å². The summed E-state index contributed by atoms with van der Waals surface area (Å²) in [5.41, 5.74) is 2.22.